The topological polar surface area (TPSA) is 69.2 Å². The monoisotopic (exact) mass is 382 g/mol. The summed E-state index contributed by atoms with van der Waals surface area (Å²) < 4.78 is 0. The molecule has 6 nitrogen and oxygen atoms in total. The molecule has 0 radical (unpaired) electrons. The van der Waals surface area contributed by atoms with Crippen molar-refractivity contribution < 1.29 is 0 Å². The SMILES string of the molecule is CCNC(=NCc1ncc(CC)s1)N(C)Cc1ncc(-c2ccccc2)[nH]1. The van der Waals surface area contributed by atoms with E-state index in [4.69, 9.17) is 4.99 Å². The summed E-state index contributed by atoms with van der Waals surface area (Å²) in [5.74, 6) is 1.76. The maximum atomic E-state index is 4.73. The summed E-state index contributed by atoms with van der Waals surface area (Å²) in [5, 5.41) is 4.38. The first kappa shape index (κ1) is 19.1. The normalized spacial score (nSPS) is 11.6. The van der Waals surface area contributed by atoms with Gasteiger partial charge in [0.15, 0.2) is 5.96 Å². The maximum absolute atomic E-state index is 4.73. The zero-order chi connectivity index (χ0) is 19.1. The van der Waals surface area contributed by atoms with Crippen LogP contribution >= 0.6 is 11.3 Å². The first-order chi connectivity index (χ1) is 13.2. The van der Waals surface area contributed by atoms with E-state index in [2.05, 4.69) is 51.1 Å². The lowest BCUT2D eigenvalue weighted by Gasteiger charge is -2.20. The number of hydrogen-bond donors (Lipinski definition) is 2. The van der Waals surface area contributed by atoms with Crippen LogP contribution in [0.3, 0.4) is 0 Å². The lowest BCUT2D eigenvalue weighted by molar-refractivity contribution is 0.464. The number of aryl methyl sites for hydroxylation is 1. The van der Waals surface area contributed by atoms with Crippen molar-refractivity contribution in [3.63, 3.8) is 0 Å². The van der Waals surface area contributed by atoms with Crippen molar-refractivity contribution in [1.82, 2.24) is 25.2 Å². The van der Waals surface area contributed by atoms with Crippen LogP contribution in [0.2, 0.25) is 0 Å². The first-order valence-corrected chi connectivity index (χ1v) is 10.0. The van der Waals surface area contributed by atoms with Crippen LogP contribution in [0.25, 0.3) is 11.3 Å². The van der Waals surface area contributed by atoms with E-state index in [1.807, 2.05) is 37.6 Å². The van der Waals surface area contributed by atoms with Gasteiger partial charge in [0.2, 0.25) is 0 Å². The molecule has 0 fully saturated rings. The Labute approximate surface area is 164 Å². The number of H-pyrrole nitrogens is 1. The minimum Gasteiger partial charge on any atom is -0.357 e. The number of hydrogen-bond acceptors (Lipinski definition) is 4. The van der Waals surface area contributed by atoms with Gasteiger partial charge in [-0.1, -0.05) is 37.3 Å². The van der Waals surface area contributed by atoms with Crippen LogP contribution < -0.4 is 5.32 Å². The van der Waals surface area contributed by atoms with Crippen LogP contribution in [0.1, 0.15) is 29.6 Å². The highest BCUT2D eigenvalue weighted by atomic mass is 32.1. The molecule has 0 aliphatic carbocycles. The molecule has 0 unspecified atom stereocenters. The highest BCUT2D eigenvalue weighted by Gasteiger charge is 2.10. The van der Waals surface area contributed by atoms with Gasteiger partial charge in [-0.05, 0) is 18.9 Å². The number of benzene rings is 1. The van der Waals surface area contributed by atoms with Gasteiger partial charge in [0.1, 0.15) is 10.8 Å². The Kier molecular flexibility index (Phi) is 6.59. The third-order valence-corrected chi connectivity index (χ3v) is 5.24. The van der Waals surface area contributed by atoms with Crippen LogP contribution in [0, 0.1) is 0 Å². The van der Waals surface area contributed by atoms with Gasteiger partial charge in [-0.3, -0.25) is 0 Å². The van der Waals surface area contributed by atoms with Crippen molar-refractivity contribution in [2.24, 2.45) is 4.99 Å². The van der Waals surface area contributed by atoms with Gasteiger partial charge in [-0.15, -0.1) is 11.3 Å². The van der Waals surface area contributed by atoms with Gasteiger partial charge in [-0.25, -0.2) is 15.0 Å². The second kappa shape index (κ2) is 9.32. The fourth-order valence-corrected chi connectivity index (χ4v) is 3.49. The molecule has 0 atom stereocenters. The number of thiazole rings is 1. The average Bonchev–Trinajstić information content (AvgIpc) is 3.35. The van der Waals surface area contributed by atoms with E-state index < -0.39 is 0 Å². The molecule has 3 rings (SSSR count). The third-order valence-electron chi connectivity index (χ3n) is 4.11. The Hall–Kier alpha value is -2.67. The minimum atomic E-state index is 0.588. The van der Waals surface area contributed by atoms with E-state index in [0.29, 0.717) is 13.1 Å². The van der Waals surface area contributed by atoms with E-state index in [-0.39, 0.29) is 0 Å². The maximum Gasteiger partial charge on any atom is 0.194 e. The van der Waals surface area contributed by atoms with Gasteiger partial charge in [0, 0.05) is 24.7 Å². The van der Waals surface area contributed by atoms with Crippen LogP contribution in [0.5, 0.6) is 0 Å². The summed E-state index contributed by atoms with van der Waals surface area (Å²) in [6.45, 7) is 6.27. The molecule has 142 valence electrons. The molecule has 0 aliphatic rings. The van der Waals surface area contributed by atoms with Crippen molar-refractivity contribution in [3.8, 4) is 11.3 Å². The highest BCUT2D eigenvalue weighted by Crippen LogP contribution is 2.17. The minimum absolute atomic E-state index is 0.588. The fraction of sp³-hybridized carbons (Fsp3) is 0.350. The smallest absolute Gasteiger partial charge is 0.194 e. The summed E-state index contributed by atoms with van der Waals surface area (Å²) >= 11 is 1.73. The summed E-state index contributed by atoms with van der Waals surface area (Å²) in [4.78, 5) is 20.5. The molecule has 7 heteroatoms. The molecular formula is C20H26N6S. The quantitative estimate of drug-likeness (QED) is 0.483. The zero-order valence-electron chi connectivity index (χ0n) is 16.1. The Morgan fingerprint density at radius 1 is 1.19 bits per heavy atom. The number of nitrogens with zero attached hydrogens (tertiary/aromatic N) is 4. The second-order valence-corrected chi connectivity index (χ2v) is 7.41. The van der Waals surface area contributed by atoms with Gasteiger partial charge < -0.3 is 15.2 Å². The van der Waals surface area contributed by atoms with Crippen LogP contribution in [0.15, 0.2) is 47.7 Å². The molecule has 1 aromatic carbocycles. The van der Waals surface area contributed by atoms with Gasteiger partial charge in [0.25, 0.3) is 0 Å². The van der Waals surface area contributed by atoms with Crippen molar-refractivity contribution >= 4 is 17.3 Å². The third kappa shape index (κ3) is 5.17. The van der Waals surface area contributed by atoms with Crippen LogP contribution in [0.4, 0.5) is 0 Å². The number of nitrogens with one attached hydrogen (secondary N) is 2. The zero-order valence-corrected chi connectivity index (χ0v) is 16.9. The number of guanidine groups is 1. The van der Waals surface area contributed by atoms with Crippen molar-refractivity contribution in [1.29, 1.82) is 0 Å². The predicted molar refractivity (Wildman–Crippen MR) is 112 cm³/mol. The molecule has 27 heavy (non-hydrogen) atoms. The molecule has 2 N–H and O–H groups in total. The Bertz CT molecular complexity index is 867. The number of imidazole rings is 1. The Morgan fingerprint density at radius 3 is 2.70 bits per heavy atom. The largest absolute Gasteiger partial charge is 0.357 e. The molecule has 2 aromatic heterocycles. The molecular weight excluding hydrogens is 356 g/mol. The molecule has 0 amide bonds. The lowest BCUT2D eigenvalue weighted by Crippen LogP contribution is -2.38. The van der Waals surface area contributed by atoms with Gasteiger partial charge >= 0.3 is 0 Å². The van der Waals surface area contributed by atoms with E-state index in [1.54, 1.807) is 11.3 Å². The molecule has 0 aliphatic heterocycles. The molecule has 0 saturated carbocycles. The van der Waals surface area contributed by atoms with Crippen LogP contribution in [-0.4, -0.2) is 39.4 Å². The van der Waals surface area contributed by atoms with Gasteiger partial charge in [-0.2, -0.15) is 0 Å². The fourth-order valence-electron chi connectivity index (χ4n) is 2.70. The molecule has 0 bridgehead atoms. The van der Waals surface area contributed by atoms with Crippen molar-refractivity contribution in [3.05, 3.63) is 58.4 Å². The summed E-state index contributed by atoms with van der Waals surface area (Å²) in [6, 6.07) is 10.2. The molecule has 2 heterocycles. The molecule has 3 aromatic rings. The van der Waals surface area contributed by atoms with E-state index >= 15 is 0 Å². The molecule has 0 saturated heterocycles. The number of rotatable bonds is 7. The average molecular weight is 383 g/mol. The molecule has 0 spiro atoms. The summed E-state index contributed by atoms with van der Waals surface area (Å²) in [6.07, 6.45) is 4.84. The Balaban J connectivity index is 1.67. The van der Waals surface area contributed by atoms with Crippen molar-refractivity contribution in [2.75, 3.05) is 13.6 Å². The number of aromatic amines is 1. The highest BCUT2D eigenvalue weighted by molar-refractivity contribution is 7.11. The Morgan fingerprint density at radius 2 is 2.00 bits per heavy atom. The number of aromatic nitrogens is 3. The van der Waals surface area contributed by atoms with Crippen LogP contribution in [-0.2, 0) is 19.5 Å². The summed E-state index contributed by atoms with van der Waals surface area (Å²) in [7, 11) is 2.02. The van der Waals surface area contributed by atoms with Gasteiger partial charge in [0.05, 0.1) is 25.0 Å². The van der Waals surface area contributed by atoms with E-state index in [1.165, 1.54) is 4.88 Å². The van der Waals surface area contributed by atoms with E-state index in [0.717, 1.165) is 41.0 Å². The lowest BCUT2D eigenvalue weighted by atomic mass is 10.2. The van der Waals surface area contributed by atoms with E-state index in [9.17, 15) is 0 Å². The standard InChI is InChI=1S/C20H26N6S/c1-4-16-11-23-19(27-16)13-24-20(21-5-2)26(3)14-18-22-12-17(25-18)15-9-7-6-8-10-15/h6-12H,4-5,13-14H2,1-3H3,(H,21,24)(H,22,25). The summed E-state index contributed by atoms with van der Waals surface area (Å²) in [5.41, 5.74) is 2.16. The predicted octanol–water partition coefficient (Wildman–Crippen LogP) is 3.69. The number of aliphatic imine (C=N–C) groups is 1. The second-order valence-electron chi connectivity index (χ2n) is 6.21. The first-order valence-electron chi connectivity index (χ1n) is 9.22. The van der Waals surface area contributed by atoms with Crippen molar-refractivity contribution in [2.45, 2.75) is 33.4 Å².